The summed E-state index contributed by atoms with van der Waals surface area (Å²) in [4.78, 5) is 11.1. The molecular weight excluding hydrogens is 324 g/mol. The Balaban J connectivity index is 1.81. The van der Waals surface area contributed by atoms with Crippen molar-refractivity contribution in [1.82, 2.24) is 15.1 Å². The highest BCUT2D eigenvalue weighted by Gasteiger charge is 2.24. The van der Waals surface area contributed by atoms with Crippen LogP contribution in [0.1, 0.15) is 32.1 Å². The van der Waals surface area contributed by atoms with Crippen molar-refractivity contribution in [3.05, 3.63) is 35.6 Å². The van der Waals surface area contributed by atoms with E-state index in [-0.39, 0.29) is 0 Å². The first kappa shape index (κ1) is 15.4. The lowest BCUT2D eigenvalue weighted by Gasteiger charge is -2.32. The predicted octanol–water partition coefficient (Wildman–Crippen LogP) is 4.71. The Bertz CT molecular complexity index is 840. The van der Waals surface area contributed by atoms with E-state index < -0.39 is 0 Å². The van der Waals surface area contributed by atoms with Gasteiger partial charge in [0, 0.05) is 23.7 Å². The topological polar surface area (TPSA) is 55.1 Å². The van der Waals surface area contributed by atoms with Crippen LogP contribution in [0.15, 0.2) is 35.1 Å². The Morgan fingerprint density at radius 1 is 1.08 bits per heavy atom. The molecule has 0 unspecified atom stereocenters. The fourth-order valence-electron chi connectivity index (χ4n) is 3.49. The number of hydrogen-bond donors (Lipinski definition) is 0. The lowest BCUT2D eigenvalue weighted by atomic mass is 9.94. The van der Waals surface area contributed by atoms with Crippen LogP contribution in [0.25, 0.3) is 22.4 Å². The third-order valence-electron chi connectivity index (χ3n) is 4.83. The molecule has 0 spiro atoms. The number of halogens is 1. The standard InChI is InChI=1S/C18H19ClN4O/c1-23(14-5-3-2-4-6-14)17-15-16(12-7-9-13(19)10-8-12)22-24-18(15)21-11-20-17/h7-11,14H,2-6H2,1H3. The number of rotatable bonds is 3. The fourth-order valence-corrected chi connectivity index (χ4v) is 3.61. The van der Waals surface area contributed by atoms with Gasteiger partial charge in [0.1, 0.15) is 23.2 Å². The smallest absolute Gasteiger partial charge is 0.263 e. The van der Waals surface area contributed by atoms with Gasteiger partial charge in [0.15, 0.2) is 0 Å². The molecule has 1 aliphatic carbocycles. The average molecular weight is 343 g/mol. The van der Waals surface area contributed by atoms with Crippen molar-refractivity contribution in [2.75, 3.05) is 11.9 Å². The number of fused-ring (bicyclic) bond motifs is 1. The van der Waals surface area contributed by atoms with Crippen LogP contribution < -0.4 is 4.90 Å². The largest absolute Gasteiger partial charge is 0.356 e. The molecule has 0 saturated heterocycles. The van der Waals surface area contributed by atoms with Gasteiger partial charge in [-0.3, -0.25) is 0 Å². The van der Waals surface area contributed by atoms with E-state index in [9.17, 15) is 0 Å². The Morgan fingerprint density at radius 2 is 1.83 bits per heavy atom. The van der Waals surface area contributed by atoms with Crippen LogP contribution >= 0.6 is 11.6 Å². The van der Waals surface area contributed by atoms with Crippen LogP contribution in [0, 0.1) is 0 Å². The molecule has 0 amide bonds. The van der Waals surface area contributed by atoms with Crippen LogP contribution in [0.2, 0.25) is 5.02 Å². The number of aromatic nitrogens is 3. The molecule has 0 radical (unpaired) electrons. The van der Waals surface area contributed by atoms with Crippen molar-refractivity contribution in [2.45, 2.75) is 38.1 Å². The van der Waals surface area contributed by atoms with Crippen molar-refractivity contribution >= 4 is 28.5 Å². The highest BCUT2D eigenvalue weighted by molar-refractivity contribution is 6.30. The van der Waals surface area contributed by atoms with Gasteiger partial charge in [0.2, 0.25) is 0 Å². The van der Waals surface area contributed by atoms with Crippen LogP contribution in [0.5, 0.6) is 0 Å². The predicted molar refractivity (Wildman–Crippen MR) is 95.3 cm³/mol. The number of benzene rings is 1. The Morgan fingerprint density at radius 3 is 2.58 bits per heavy atom. The molecule has 1 aliphatic rings. The van der Waals surface area contributed by atoms with E-state index in [1.54, 1.807) is 6.33 Å². The highest BCUT2D eigenvalue weighted by Crippen LogP contribution is 2.35. The summed E-state index contributed by atoms with van der Waals surface area (Å²) in [5.41, 5.74) is 2.23. The molecule has 0 bridgehead atoms. The minimum Gasteiger partial charge on any atom is -0.356 e. The first-order valence-corrected chi connectivity index (χ1v) is 8.71. The quantitative estimate of drug-likeness (QED) is 0.690. The zero-order valence-electron chi connectivity index (χ0n) is 13.6. The zero-order chi connectivity index (χ0) is 16.5. The molecule has 4 rings (SSSR count). The SMILES string of the molecule is CN(c1ncnc2onc(-c3ccc(Cl)cc3)c12)C1CCCCC1. The van der Waals surface area contributed by atoms with E-state index in [0.29, 0.717) is 16.8 Å². The molecule has 2 heterocycles. The number of anilines is 1. The van der Waals surface area contributed by atoms with Gasteiger partial charge < -0.3 is 9.42 Å². The van der Waals surface area contributed by atoms with Gasteiger partial charge >= 0.3 is 0 Å². The lowest BCUT2D eigenvalue weighted by molar-refractivity contribution is 0.426. The molecule has 3 aromatic rings. The summed E-state index contributed by atoms with van der Waals surface area (Å²) in [6.45, 7) is 0. The molecule has 5 nitrogen and oxygen atoms in total. The van der Waals surface area contributed by atoms with Crippen LogP contribution in [0.3, 0.4) is 0 Å². The summed E-state index contributed by atoms with van der Waals surface area (Å²) in [7, 11) is 2.11. The van der Waals surface area contributed by atoms with Gasteiger partial charge in [-0.2, -0.15) is 4.98 Å². The number of nitrogens with zero attached hydrogens (tertiary/aromatic N) is 4. The van der Waals surface area contributed by atoms with Crippen molar-refractivity contribution in [2.24, 2.45) is 0 Å². The summed E-state index contributed by atoms with van der Waals surface area (Å²) in [5.74, 6) is 0.887. The molecule has 0 N–H and O–H groups in total. The molecule has 124 valence electrons. The summed E-state index contributed by atoms with van der Waals surface area (Å²) in [6.07, 6.45) is 7.82. The third kappa shape index (κ3) is 2.73. The van der Waals surface area contributed by atoms with Gasteiger partial charge in [0.25, 0.3) is 5.71 Å². The van der Waals surface area contributed by atoms with Gasteiger partial charge in [-0.25, -0.2) is 4.98 Å². The second-order valence-corrected chi connectivity index (χ2v) is 6.75. The Labute approximate surface area is 145 Å². The van der Waals surface area contributed by atoms with Crippen LogP contribution in [-0.2, 0) is 0 Å². The monoisotopic (exact) mass is 342 g/mol. The molecule has 0 aliphatic heterocycles. The Kier molecular flexibility index (Phi) is 4.10. The molecule has 24 heavy (non-hydrogen) atoms. The molecule has 1 fully saturated rings. The minimum atomic E-state index is 0.504. The van der Waals surface area contributed by atoms with E-state index in [4.69, 9.17) is 16.1 Å². The second-order valence-electron chi connectivity index (χ2n) is 6.32. The lowest BCUT2D eigenvalue weighted by Crippen LogP contribution is -2.34. The molecule has 2 aromatic heterocycles. The molecule has 1 aromatic carbocycles. The van der Waals surface area contributed by atoms with E-state index in [2.05, 4.69) is 27.1 Å². The first-order chi connectivity index (χ1) is 11.7. The number of hydrogen-bond acceptors (Lipinski definition) is 5. The molecule has 6 heteroatoms. The van der Waals surface area contributed by atoms with Crippen LogP contribution in [-0.4, -0.2) is 28.2 Å². The summed E-state index contributed by atoms with van der Waals surface area (Å²) in [6, 6.07) is 8.09. The fraction of sp³-hybridized carbons (Fsp3) is 0.389. The minimum absolute atomic E-state index is 0.504. The molecule has 1 saturated carbocycles. The maximum absolute atomic E-state index is 6.00. The highest BCUT2D eigenvalue weighted by atomic mass is 35.5. The summed E-state index contributed by atoms with van der Waals surface area (Å²) in [5, 5.41) is 5.80. The van der Waals surface area contributed by atoms with Crippen molar-refractivity contribution < 1.29 is 4.52 Å². The van der Waals surface area contributed by atoms with Gasteiger partial charge in [-0.1, -0.05) is 48.2 Å². The average Bonchev–Trinajstić information content (AvgIpc) is 3.07. The molecule has 0 atom stereocenters. The summed E-state index contributed by atoms with van der Waals surface area (Å²) < 4.78 is 5.45. The first-order valence-electron chi connectivity index (χ1n) is 8.33. The third-order valence-corrected chi connectivity index (χ3v) is 5.08. The van der Waals surface area contributed by atoms with Gasteiger partial charge in [-0.05, 0) is 25.0 Å². The van der Waals surface area contributed by atoms with Crippen molar-refractivity contribution in [1.29, 1.82) is 0 Å². The maximum atomic E-state index is 6.00. The van der Waals surface area contributed by atoms with E-state index >= 15 is 0 Å². The Hall–Kier alpha value is -2.14. The normalized spacial score (nSPS) is 15.8. The van der Waals surface area contributed by atoms with Gasteiger partial charge in [-0.15, -0.1) is 0 Å². The molecular formula is C18H19ClN4O. The summed E-state index contributed by atoms with van der Waals surface area (Å²) >= 11 is 6.00. The van der Waals surface area contributed by atoms with E-state index in [1.165, 1.54) is 32.1 Å². The van der Waals surface area contributed by atoms with E-state index in [0.717, 1.165) is 22.5 Å². The van der Waals surface area contributed by atoms with Gasteiger partial charge in [0.05, 0.1) is 0 Å². The second kappa shape index (κ2) is 6.40. The zero-order valence-corrected chi connectivity index (χ0v) is 14.3. The van der Waals surface area contributed by atoms with Crippen LogP contribution in [0.4, 0.5) is 5.82 Å². The van der Waals surface area contributed by atoms with Crippen molar-refractivity contribution in [3.63, 3.8) is 0 Å². The van der Waals surface area contributed by atoms with Crippen molar-refractivity contribution in [3.8, 4) is 11.3 Å². The maximum Gasteiger partial charge on any atom is 0.263 e. The van der Waals surface area contributed by atoms with E-state index in [1.807, 2.05) is 24.3 Å².